The van der Waals surface area contributed by atoms with E-state index >= 15 is 0 Å². The van der Waals surface area contributed by atoms with Crippen LogP contribution >= 0.6 is 0 Å². The summed E-state index contributed by atoms with van der Waals surface area (Å²) in [7, 11) is 0. The van der Waals surface area contributed by atoms with Crippen LogP contribution in [0.4, 0.5) is 4.79 Å². The number of nitrogens with two attached hydrogens (primary N) is 1. The molecule has 0 bridgehead atoms. The van der Waals surface area contributed by atoms with E-state index in [4.69, 9.17) is 16.9 Å². The van der Waals surface area contributed by atoms with Crippen molar-refractivity contribution in [2.45, 2.75) is 12.6 Å². The molecule has 4 nitrogen and oxygen atoms in total. The van der Waals surface area contributed by atoms with Gasteiger partial charge in [-0.3, -0.25) is 0 Å². The van der Waals surface area contributed by atoms with Crippen molar-refractivity contribution in [1.29, 1.82) is 0 Å². The molecule has 1 saturated heterocycles. The van der Waals surface area contributed by atoms with Gasteiger partial charge in [0, 0.05) is 19.1 Å². The molecular formula is C14H16N2O2. The van der Waals surface area contributed by atoms with E-state index in [1.54, 1.807) is 4.90 Å². The fourth-order valence-electron chi connectivity index (χ4n) is 1.97. The van der Waals surface area contributed by atoms with E-state index in [-0.39, 0.29) is 24.7 Å². The fraction of sp³-hybridized carbons (Fsp3) is 0.357. The van der Waals surface area contributed by atoms with Gasteiger partial charge in [0.2, 0.25) is 0 Å². The molecule has 1 fully saturated rings. The Labute approximate surface area is 107 Å². The number of carbonyl (C=O) groups is 1. The zero-order valence-electron chi connectivity index (χ0n) is 10.1. The summed E-state index contributed by atoms with van der Waals surface area (Å²) in [6, 6.07) is 9.40. The van der Waals surface area contributed by atoms with E-state index in [1.807, 2.05) is 30.3 Å². The number of hydrogen-bond acceptors (Lipinski definition) is 3. The van der Waals surface area contributed by atoms with Crippen molar-refractivity contribution in [3.05, 3.63) is 35.9 Å². The molecule has 0 aromatic heterocycles. The van der Waals surface area contributed by atoms with Gasteiger partial charge in [-0.15, -0.1) is 6.42 Å². The number of amides is 1. The first kappa shape index (κ1) is 12.5. The summed E-state index contributed by atoms with van der Waals surface area (Å²) in [6.45, 7) is 1.21. The van der Waals surface area contributed by atoms with Crippen molar-refractivity contribution in [2.24, 2.45) is 11.7 Å². The molecule has 2 atom stereocenters. The van der Waals surface area contributed by atoms with Crippen LogP contribution in [0.3, 0.4) is 0 Å². The Kier molecular flexibility index (Phi) is 3.85. The summed E-state index contributed by atoms with van der Waals surface area (Å²) in [4.78, 5) is 13.4. The first-order valence-electron chi connectivity index (χ1n) is 5.88. The molecule has 1 aliphatic heterocycles. The zero-order valence-corrected chi connectivity index (χ0v) is 10.1. The predicted molar refractivity (Wildman–Crippen MR) is 68.5 cm³/mol. The SMILES string of the molecule is C#CC1CN(C(=O)OCc2ccccc2)CC1N. The molecule has 0 spiro atoms. The molecule has 0 saturated carbocycles. The number of carbonyl (C=O) groups excluding carboxylic acids is 1. The molecule has 0 aliphatic carbocycles. The molecule has 1 amide bonds. The summed E-state index contributed by atoms with van der Waals surface area (Å²) in [6.07, 6.45) is 4.99. The second-order valence-corrected chi connectivity index (χ2v) is 4.38. The Morgan fingerprint density at radius 1 is 1.44 bits per heavy atom. The molecule has 0 radical (unpaired) electrons. The monoisotopic (exact) mass is 244 g/mol. The number of likely N-dealkylation sites (tertiary alicyclic amines) is 1. The normalized spacial score (nSPS) is 22.6. The van der Waals surface area contributed by atoms with Crippen LogP contribution in [-0.2, 0) is 11.3 Å². The van der Waals surface area contributed by atoms with Gasteiger partial charge >= 0.3 is 6.09 Å². The minimum atomic E-state index is -0.355. The van der Waals surface area contributed by atoms with Gasteiger partial charge in [0.15, 0.2) is 0 Å². The van der Waals surface area contributed by atoms with Crippen LogP contribution in [0.5, 0.6) is 0 Å². The minimum Gasteiger partial charge on any atom is -0.445 e. The third-order valence-electron chi connectivity index (χ3n) is 3.04. The van der Waals surface area contributed by atoms with Gasteiger partial charge in [0.05, 0.1) is 5.92 Å². The Morgan fingerprint density at radius 2 is 2.17 bits per heavy atom. The summed E-state index contributed by atoms with van der Waals surface area (Å²) >= 11 is 0. The average molecular weight is 244 g/mol. The van der Waals surface area contributed by atoms with E-state index < -0.39 is 0 Å². The summed E-state index contributed by atoms with van der Waals surface area (Å²) in [5.41, 5.74) is 6.79. The van der Waals surface area contributed by atoms with Crippen molar-refractivity contribution in [3.63, 3.8) is 0 Å². The Bertz CT molecular complexity index is 453. The van der Waals surface area contributed by atoms with Gasteiger partial charge in [-0.25, -0.2) is 4.79 Å². The quantitative estimate of drug-likeness (QED) is 0.796. The molecule has 4 heteroatoms. The smallest absolute Gasteiger partial charge is 0.410 e. The zero-order chi connectivity index (χ0) is 13.0. The molecule has 18 heavy (non-hydrogen) atoms. The molecule has 2 unspecified atom stereocenters. The van der Waals surface area contributed by atoms with Crippen LogP contribution < -0.4 is 5.73 Å². The molecular weight excluding hydrogens is 228 g/mol. The number of ether oxygens (including phenoxy) is 1. The number of terminal acetylenes is 1. The maximum atomic E-state index is 11.8. The Hall–Kier alpha value is -1.99. The van der Waals surface area contributed by atoms with Crippen molar-refractivity contribution in [1.82, 2.24) is 4.90 Å². The van der Waals surface area contributed by atoms with Gasteiger partial charge in [0.1, 0.15) is 6.61 Å². The largest absolute Gasteiger partial charge is 0.445 e. The highest BCUT2D eigenvalue weighted by atomic mass is 16.6. The minimum absolute atomic E-state index is 0.0747. The van der Waals surface area contributed by atoms with Gasteiger partial charge < -0.3 is 15.4 Å². The first-order chi connectivity index (χ1) is 8.70. The molecule has 1 heterocycles. The van der Waals surface area contributed by atoms with Crippen LogP contribution in [0.15, 0.2) is 30.3 Å². The molecule has 1 aliphatic rings. The Morgan fingerprint density at radius 3 is 2.78 bits per heavy atom. The highest BCUT2D eigenvalue weighted by Gasteiger charge is 2.32. The van der Waals surface area contributed by atoms with Gasteiger partial charge in [0.25, 0.3) is 0 Å². The molecule has 2 N–H and O–H groups in total. The lowest BCUT2D eigenvalue weighted by atomic mass is 10.1. The van der Waals surface area contributed by atoms with E-state index in [0.717, 1.165) is 5.56 Å². The number of hydrogen-bond donors (Lipinski definition) is 1. The number of rotatable bonds is 2. The second kappa shape index (κ2) is 5.56. The topological polar surface area (TPSA) is 55.6 Å². The average Bonchev–Trinajstić information content (AvgIpc) is 2.78. The molecule has 1 aromatic carbocycles. The van der Waals surface area contributed by atoms with E-state index in [2.05, 4.69) is 5.92 Å². The van der Waals surface area contributed by atoms with Gasteiger partial charge in [-0.2, -0.15) is 0 Å². The van der Waals surface area contributed by atoms with Crippen molar-refractivity contribution < 1.29 is 9.53 Å². The van der Waals surface area contributed by atoms with E-state index in [1.165, 1.54) is 0 Å². The lowest BCUT2D eigenvalue weighted by molar-refractivity contribution is 0.103. The standard InChI is InChI=1S/C14H16N2O2/c1-2-12-8-16(9-13(12)15)14(17)18-10-11-6-4-3-5-7-11/h1,3-7,12-13H,8-10,15H2. The lowest BCUT2D eigenvalue weighted by Gasteiger charge is -2.15. The summed E-state index contributed by atoms with van der Waals surface area (Å²) in [5.74, 6) is 2.52. The second-order valence-electron chi connectivity index (χ2n) is 4.38. The number of nitrogens with zero attached hydrogens (tertiary/aromatic N) is 1. The lowest BCUT2D eigenvalue weighted by Crippen LogP contribution is -2.32. The number of benzene rings is 1. The van der Waals surface area contributed by atoms with E-state index in [0.29, 0.717) is 13.1 Å². The van der Waals surface area contributed by atoms with Crippen LogP contribution in [0.1, 0.15) is 5.56 Å². The highest BCUT2D eigenvalue weighted by molar-refractivity contribution is 5.68. The molecule has 2 rings (SSSR count). The van der Waals surface area contributed by atoms with Crippen LogP contribution in [0, 0.1) is 18.3 Å². The van der Waals surface area contributed by atoms with Crippen molar-refractivity contribution >= 4 is 6.09 Å². The van der Waals surface area contributed by atoms with Gasteiger partial charge in [-0.05, 0) is 5.56 Å². The van der Waals surface area contributed by atoms with Crippen LogP contribution in [0.2, 0.25) is 0 Å². The maximum Gasteiger partial charge on any atom is 0.410 e. The summed E-state index contributed by atoms with van der Waals surface area (Å²) in [5, 5.41) is 0. The highest BCUT2D eigenvalue weighted by Crippen LogP contribution is 2.15. The van der Waals surface area contributed by atoms with Crippen molar-refractivity contribution in [2.75, 3.05) is 13.1 Å². The summed E-state index contributed by atoms with van der Waals surface area (Å²) < 4.78 is 5.22. The third-order valence-corrected chi connectivity index (χ3v) is 3.04. The predicted octanol–water partition coefficient (Wildman–Crippen LogP) is 1.22. The van der Waals surface area contributed by atoms with Crippen LogP contribution in [-0.4, -0.2) is 30.1 Å². The van der Waals surface area contributed by atoms with Gasteiger partial charge in [-0.1, -0.05) is 36.3 Å². The third kappa shape index (κ3) is 2.82. The first-order valence-corrected chi connectivity index (χ1v) is 5.88. The Balaban J connectivity index is 1.85. The van der Waals surface area contributed by atoms with Crippen molar-refractivity contribution in [3.8, 4) is 12.3 Å². The molecule has 1 aromatic rings. The van der Waals surface area contributed by atoms with Crippen LogP contribution in [0.25, 0.3) is 0 Å². The maximum absolute atomic E-state index is 11.8. The molecule has 94 valence electrons. The fourth-order valence-corrected chi connectivity index (χ4v) is 1.97. The van der Waals surface area contributed by atoms with E-state index in [9.17, 15) is 4.79 Å².